The average Bonchev–Trinajstić information content (AvgIpc) is 2.70. The summed E-state index contributed by atoms with van der Waals surface area (Å²) in [6, 6.07) is -0.355. The fourth-order valence-corrected chi connectivity index (χ4v) is 3.98. The first kappa shape index (κ1) is 14.8. The summed E-state index contributed by atoms with van der Waals surface area (Å²) in [5, 5.41) is 6.77. The maximum atomic E-state index is 12.4. The molecule has 1 aliphatic rings. The van der Waals surface area contributed by atoms with Crippen LogP contribution in [0.4, 0.5) is 5.69 Å². The van der Waals surface area contributed by atoms with Crippen molar-refractivity contribution in [3.8, 4) is 0 Å². The molecule has 2 heterocycles. The Kier molecular flexibility index (Phi) is 4.03. The third kappa shape index (κ3) is 2.79. The molecule has 7 nitrogen and oxygen atoms in total. The van der Waals surface area contributed by atoms with Crippen LogP contribution in [0.25, 0.3) is 0 Å². The summed E-state index contributed by atoms with van der Waals surface area (Å²) >= 11 is 0. The number of sulfone groups is 1. The van der Waals surface area contributed by atoms with Crippen LogP contribution in [0.3, 0.4) is 0 Å². The van der Waals surface area contributed by atoms with E-state index in [1.807, 2.05) is 6.92 Å². The van der Waals surface area contributed by atoms with Crippen LogP contribution in [0.5, 0.6) is 0 Å². The highest BCUT2D eigenvalue weighted by atomic mass is 32.2. The van der Waals surface area contributed by atoms with Crippen molar-refractivity contribution in [3.05, 3.63) is 11.4 Å². The van der Waals surface area contributed by atoms with Gasteiger partial charge < -0.3 is 10.6 Å². The van der Waals surface area contributed by atoms with E-state index in [0.29, 0.717) is 5.69 Å². The molecule has 1 aromatic heterocycles. The van der Waals surface area contributed by atoms with Gasteiger partial charge in [0.15, 0.2) is 15.5 Å². The number of aromatic nitrogens is 2. The maximum Gasteiger partial charge on any atom is 0.276 e. The Morgan fingerprint density at radius 3 is 2.85 bits per heavy atom. The van der Waals surface area contributed by atoms with E-state index in [0.717, 1.165) is 18.5 Å². The lowest BCUT2D eigenvalue weighted by atomic mass is 10.2. The molecule has 0 aliphatic carbocycles. The molecule has 8 heteroatoms. The van der Waals surface area contributed by atoms with Crippen LogP contribution in [0.15, 0.2) is 0 Å². The van der Waals surface area contributed by atoms with Crippen LogP contribution in [-0.2, 0) is 16.3 Å². The van der Waals surface area contributed by atoms with Gasteiger partial charge in [0.2, 0.25) is 0 Å². The Bertz CT molecular complexity index is 608. The van der Waals surface area contributed by atoms with Crippen LogP contribution in [0.1, 0.15) is 36.5 Å². The molecular weight excluding hydrogens is 280 g/mol. The van der Waals surface area contributed by atoms with Gasteiger partial charge in [0, 0.05) is 12.6 Å². The van der Waals surface area contributed by atoms with E-state index in [1.54, 1.807) is 6.92 Å². The lowest BCUT2D eigenvalue weighted by Crippen LogP contribution is -2.50. The van der Waals surface area contributed by atoms with Crippen molar-refractivity contribution in [1.82, 2.24) is 15.1 Å². The SMILES string of the molecule is CCCc1[nH]nc(C(=O)N2CCS(=O)(=O)CC2C)c1N. The van der Waals surface area contributed by atoms with Crippen LogP contribution in [-0.4, -0.2) is 53.5 Å². The molecule has 1 saturated heterocycles. The largest absolute Gasteiger partial charge is 0.395 e. The molecule has 3 N–H and O–H groups in total. The maximum absolute atomic E-state index is 12.4. The van der Waals surface area contributed by atoms with Crippen molar-refractivity contribution < 1.29 is 13.2 Å². The second kappa shape index (κ2) is 5.43. The number of amides is 1. The first-order chi connectivity index (χ1) is 9.35. The van der Waals surface area contributed by atoms with Crippen LogP contribution < -0.4 is 5.73 Å². The van der Waals surface area contributed by atoms with Gasteiger partial charge in [-0.3, -0.25) is 9.89 Å². The average molecular weight is 300 g/mol. The van der Waals surface area contributed by atoms with E-state index in [-0.39, 0.29) is 35.7 Å². The van der Waals surface area contributed by atoms with Gasteiger partial charge in [-0.05, 0) is 13.3 Å². The lowest BCUT2D eigenvalue weighted by molar-refractivity contribution is 0.0707. The third-order valence-corrected chi connectivity index (χ3v) is 5.31. The molecule has 1 amide bonds. The number of aryl methyl sites for hydroxylation is 1. The molecule has 1 unspecified atom stereocenters. The van der Waals surface area contributed by atoms with Gasteiger partial charge in [-0.15, -0.1) is 0 Å². The summed E-state index contributed by atoms with van der Waals surface area (Å²) in [6.45, 7) is 3.93. The zero-order valence-electron chi connectivity index (χ0n) is 11.7. The Morgan fingerprint density at radius 2 is 2.25 bits per heavy atom. The molecule has 1 fully saturated rings. The summed E-state index contributed by atoms with van der Waals surface area (Å²) in [6.07, 6.45) is 1.63. The molecule has 0 aromatic carbocycles. The number of carbonyl (C=O) groups excluding carboxylic acids is 1. The normalized spacial score (nSPS) is 21.9. The number of aromatic amines is 1. The van der Waals surface area contributed by atoms with Gasteiger partial charge in [-0.25, -0.2) is 8.42 Å². The predicted octanol–water partition coefficient (Wildman–Crippen LogP) is 0.204. The molecule has 2 rings (SSSR count). The van der Waals surface area contributed by atoms with Crippen molar-refractivity contribution >= 4 is 21.4 Å². The highest BCUT2D eigenvalue weighted by Crippen LogP contribution is 2.20. The highest BCUT2D eigenvalue weighted by Gasteiger charge is 2.33. The van der Waals surface area contributed by atoms with Crippen LogP contribution >= 0.6 is 0 Å². The van der Waals surface area contributed by atoms with E-state index in [9.17, 15) is 13.2 Å². The summed E-state index contributed by atoms with van der Waals surface area (Å²) in [7, 11) is -3.05. The first-order valence-electron chi connectivity index (χ1n) is 6.69. The van der Waals surface area contributed by atoms with Gasteiger partial charge in [0.25, 0.3) is 5.91 Å². The fourth-order valence-electron chi connectivity index (χ4n) is 2.43. The quantitative estimate of drug-likeness (QED) is 0.829. The number of nitrogens with one attached hydrogen (secondary N) is 1. The summed E-state index contributed by atoms with van der Waals surface area (Å²) < 4.78 is 23.1. The van der Waals surface area contributed by atoms with Gasteiger partial charge in [0.1, 0.15) is 0 Å². The van der Waals surface area contributed by atoms with Crippen molar-refractivity contribution in [3.63, 3.8) is 0 Å². The number of anilines is 1. The molecule has 0 spiro atoms. The molecule has 20 heavy (non-hydrogen) atoms. The van der Waals surface area contributed by atoms with Crippen molar-refractivity contribution in [2.24, 2.45) is 0 Å². The Morgan fingerprint density at radius 1 is 1.55 bits per heavy atom. The third-order valence-electron chi connectivity index (χ3n) is 3.52. The molecular formula is C12H20N4O3S. The number of rotatable bonds is 3. The molecule has 0 saturated carbocycles. The Labute approximate surface area is 118 Å². The highest BCUT2D eigenvalue weighted by molar-refractivity contribution is 7.91. The van der Waals surface area contributed by atoms with Crippen LogP contribution in [0.2, 0.25) is 0 Å². The number of hydrogen-bond acceptors (Lipinski definition) is 5. The smallest absolute Gasteiger partial charge is 0.276 e. The lowest BCUT2D eigenvalue weighted by Gasteiger charge is -2.32. The fraction of sp³-hybridized carbons (Fsp3) is 0.667. The predicted molar refractivity (Wildman–Crippen MR) is 76.1 cm³/mol. The van der Waals surface area contributed by atoms with E-state index in [1.165, 1.54) is 4.90 Å². The van der Waals surface area contributed by atoms with Crippen LogP contribution in [0, 0.1) is 0 Å². The van der Waals surface area contributed by atoms with E-state index in [4.69, 9.17) is 5.73 Å². The van der Waals surface area contributed by atoms with E-state index < -0.39 is 9.84 Å². The minimum absolute atomic E-state index is 0.00474. The van der Waals surface area contributed by atoms with Gasteiger partial charge in [-0.1, -0.05) is 13.3 Å². The number of nitrogens with zero attached hydrogens (tertiary/aromatic N) is 2. The second-order valence-corrected chi connectivity index (χ2v) is 7.41. The van der Waals surface area contributed by atoms with E-state index in [2.05, 4.69) is 10.2 Å². The zero-order chi connectivity index (χ0) is 14.9. The van der Waals surface area contributed by atoms with Gasteiger partial charge in [0.05, 0.1) is 22.9 Å². The summed E-state index contributed by atoms with van der Waals surface area (Å²) in [5.74, 6) is -0.316. The first-order valence-corrected chi connectivity index (χ1v) is 8.52. The Balaban J connectivity index is 2.20. The summed E-state index contributed by atoms with van der Waals surface area (Å²) in [4.78, 5) is 14.0. The minimum atomic E-state index is -3.05. The Hall–Kier alpha value is -1.57. The number of nitrogen functional groups attached to an aromatic ring is 1. The van der Waals surface area contributed by atoms with Gasteiger partial charge >= 0.3 is 0 Å². The zero-order valence-corrected chi connectivity index (χ0v) is 12.5. The molecule has 1 atom stereocenters. The molecule has 0 bridgehead atoms. The second-order valence-electron chi connectivity index (χ2n) is 5.18. The molecule has 1 aromatic rings. The number of H-pyrrole nitrogens is 1. The standard InChI is InChI=1S/C12H20N4O3S/c1-3-4-9-10(13)11(15-14-9)12(17)16-5-6-20(18,19)7-8(16)2/h8H,3-7,13H2,1-2H3,(H,14,15). The number of carbonyl (C=O) groups is 1. The summed E-state index contributed by atoms with van der Waals surface area (Å²) in [5.41, 5.74) is 7.26. The number of hydrogen-bond donors (Lipinski definition) is 2. The minimum Gasteiger partial charge on any atom is -0.395 e. The molecule has 112 valence electrons. The van der Waals surface area contributed by atoms with Gasteiger partial charge in [-0.2, -0.15) is 5.10 Å². The molecule has 1 aliphatic heterocycles. The topological polar surface area (TPSA) is 109 Å². The van der Waals surface area contributed by atoms with Crippen molar-refractivity contribution in [2.45, 2.75) is 32.7 Å². The molecule has 0 radical (unpaired) electrons. The monoisotopic (exact) mass is 300 g/mol. The van der Waals surface area contributed by atoms with Crippen molar-refractivity contribution in [2.75, 3.05) is 23.8 Å². The van der Waals surface area contributed by atoms with E-state index >= 15 is 0 Å². The van der Waals surface area contributed by atoms with Crippen molar-refractivity contribution in [1.29, 1.82) is 0 Å². The number of nitrogens with two attached hydrogens (primary N) is 1.